The van der Waals surface area contributed by atoms with Gasteiger partial charge in [0.1, 0.15) is 0 Å². The van der Waals surface area contributed by atoms with Gasteiger partial charge in [-0.2, -0.15) is 0 Å². The number of nitrogens with zero attached hydrogens (tertiary/aromatic N) is 2. The number of likely N-dealkylation sites (tertiary alicyclic amines) is 1. The number of aliphatic imine (C=N–C) groups is 1. The lowest BCUT2D eigenvalue weighted by molar-refractivity contribution is 0.153. The Bertz CT molecular complexity index is 645. The van der Waals surface area contributed by atoms with E-state index in [4.69, 9.17) is 9.73 Å². The molecule has 5 heteroatoms. The number of hydrogen-bond acceptors (Lipinski definition) is 2. The van der Waals surface area contributed by atoms with Crippen molar-refractivity contribution in [1.29, 1.82) is 0 Å². The number of halogens is 1. The molecule has 0 spiro atoms. The number of benzene rings is 1. The van der Waals surface area contributed by atoms with Crippen molar-refractivity contribution in [2.75, 3.05) is 39.4 Å². The molecule has 1 N–H and O–H groups in total. The van der Waals surface area contributed by atoms with E-state index >= 15 is 0 Å². The van der Waals surface area contributed by atoms with Crippen molar-refractivity contribution in [3.8, 4) is 0 Å². The van der Waals surface area contributed by atoms with Crippen LogP contribution in [-0.2, 0) is 4.74 Å². The second-order valence-corrected chi connectivity index (χ2v) is 6.87. The van der Waals surface area contributed by atoms with E-state index < -0.39 is 0 Å². The summed E-state index contributed by atoms with van der Waals surface area (Å²) in [6, 6.07) is 10.6. The highest BCUT2D eigenvalue weighted by molar-refractivity contribution is 14.0. The Morgan fingerprint density at radius 2 is 1.96 bits per heavy atom. The summed E-state index contributed by atoms with van der Waals surface area (Å²) in [6.07, 6.45) is 8.89. The summed E-state index contributed by atoms with van der Waals surface area (Å²) in [7, 11) is 0. The fraction of sp³-hybridized carbons (Fsp3) is 0.500. The van der Waals surface area contributed by atoms with Crippen molar-refractivity contribution >= 4 is 36.0 Å². The van der Waals surface area contributed by atoms with Crippen molar-refractivity contribution < 1.29 is 4.74 Å². The second kappa shape index (κ2) is 12.2. The zero-order valence-corrected chi connectivity index (χ0v) is 18.7. The minimum atomic E-state index is 0. The lowest BCUT2D eigenvalue weighted by Crippen LogP contribution is -2.44. The molecule has 3 rings (SSSR count). The van der Waals surface area contributed by atoms with Crippen molar-refractivity contribution in [2.45, 2.75) is 32.6 Å². The summed E-state index contributed by atoms with van der Waals surface area (Å²) in [5.41, 5.74) is 4.33. The largest absolute Gasteiger partial charge is 0.377 e. The van der Waals surface area contributed by atoms with Crippen LogP contribution in [0.1, 0.15) is 38.2 Å². The zero-order valence-electron chi connectivity index (χ0n) is 16.3. The Morgan fingerprint density at radius 1 is 1.19 bits per heavy atom. The first-order chi connectivity index (χ1) is 12.8. The topological polar surface area (TPSA) is 36.9 Å². The van der Waals surface area contributed by atoms with Gasteiger partial charge >= 0.3 is 0 Å². The van der Waals surface area contributed by atoms with Gasteiger partial charge in [0, 0.05) is 26.2 Å². The fourth-order valence-corrected chi connectivity index (χ4v) is 3.46. The first-order valence-electron chi connectivity index (χ1n) is 9.88. The Balaban J connectivity index is 0.00000261. The Morgan fingerprint density at radius 3 is 2.63 bits per heavy atom. The molecule has 0 unspecified atom stereocenters. The molecule has 0 aliphatic carbocycles. The highest BCUT2D eigenvalue weighted by Gasteiger charge is 2.17. The van der Waals surface area contributed by atoms with E-state index in [0.29, 0.717) is 0 Å². The van der Waals surface area contributed by atoms with Gasteiger partial charge in [-0.25, -0.2) is 0 Å². The number of rotatable bonds is 5. The van der Waals surface area contributed by atoms with E-state index in [1.165, 1.54) is 16.7 Å². The Hall–Kier alpha value is -1.34. The van der Waals surface area contributed by atoms with E-state index in [1.54, 1.807) is 0 Å². The highest BCUT2D eigenvalue weighted by Crippen LogP contribution is 2.19. The van der Waals surface area contributed by atoms with Crippen LogP contribution in [0.2, 0.25) is 0 Å². The summed E-state index contributed by atoms with van der Waals surface area (Å²) >= 11 is 0. The summed E-state index contributed by atoms with van der Waals surface area (Å²) in [5.74, 6) is 1.07. The number of ether oxygens (including phenoxy) is 1. The van der Waals surface area contributed by atoms with E-state index in [1.807, 2.05) is 0 Å². The number of hydrogen-bond donors (Lipinski definition) is 1. The molecule has 1 aromatic carbocycles. The third kappa shape index (κ3) is 7.30. The van der Waals surface area contributed by atoms with Crippen molar-refractivity contribution in [1.82, 2.24) is 10.2 Å². The van der Waals surface area contributed by atoms with Crippen LogP contribution in [0.15, 0.2) is 52.5 Å². The van der Waals surface area contributed by atoms with E-state index in [-0.39, 0.29) is 24.0 Å². The maximum Gasteiger partial charge on any atom is 0.193 e. The molecule has 1 saturated heterocycles. The summed E-state index contributed by atoms with van der Waals surface area (Å²) in [5, 5.41) is 3.47. The van der Waals surface area contributed by atoms with Gasteiger partial charge in [-0.1, -0.05) is 53.6 Å². The third-order valence-electron chi connectivity index (χ3n) is 4.96. The molecular weight excluding hydrogens is 449 g/mol. The number of guanidine groups is 1. The average Bonchev–Trinajstić information content (AvgIpc) is 2.70. The highest BCUT2D eigenvalue weighted by atomic mass is 127. The predicted molar refractivity (Wildman–Crippen MR) is 125 cm³/mol. The third-order valence-corrected chi connectivity index (χ3v) is 4.96. The average molecular weight is 481 g/mol. The molecule has 2 aliphatic rings. The minimum absolute atomic E-state index is 0. The van der Waals surface area contributed by atoms with Gasteiger partial charge in [0.15, 0.2) is 5.96 Å². The van der Waals surface area contributed by atoms with Crippen LogP contribution in [0.5, 0.6) is 0 Å². The molecule has 0 bridgehead atoms. The smallest absolute Gasteiger partial charge is 0.193 e. The monoisotopic (exact) mass is 481 g/mol. The zero-order chi connectivity index (χ0) is 18.0. The van der Waals surface area contributed by atoms with Crippen LogP contribution in [0.25, 0.3) is 6.08 Å². The van der Waals surface area contributed by atoms with Gasteiger partial charge in [-0.3, -0.25) is 4.99 Å². The van der Waals surface area contributed by atoms with Gasteiger partial charge in [-0.15, -0.1) is 24.0 Å². The molecule has 27 heavy (non-hydrogen) atoms. The Kier molecular flexibility index (Phi) is 9.91. The van der Waals surface area contributed by atoms with Crippen LogP contribution in [0.3, 0.4) is 0 Å². The van der Waals surface area contributed by atoms with E-state index in [0.717, 1.165) is 71.0 Å². The van der Waals surface area contributed by atoms with Crippen LogP contribution in [0.4, 0.5) is 0 Å². The molecule has 0 aromatic heterocycles. The number of piperidine rings is 1. The first kappa shape index (κ1) is 22.0. The number of nitrogens with one attached hydrogen (secondary N) is 1. The maximum atomic E-state index is 5.38. The predicted octanol–water partition coefficient (Wildman–Crippen LogP) is 4.49. The standard InChI is InChI=1S/C22H31N3O.HI/c1-2-23-22(24-13-8-19-11-16-26-17-12-19)25-14-9-21(10-15-25)18-20-6-4-3-5-7-20;/h3-7,11,18H,2,8-10,12-17H2,1H3,(H,23,24);1H. The first-order valence-corrected chi connectivity index (χ1v) is 9.88. The van der Waals surface area contributed by atoms with Crippen LogP contribution >= 0.6 is 24.0 Å². The van der Waals surface area contributed by atoms with Crippen LogP contribution < -0.4 is 5.32 Å². The molecule has 2 heterocycles. The Labute approximate surface area is 180 Å². The van der Waals surface area contributed by atoms with Gasteiger partial charge < -0.3 is 15.0 Å². The molecule has 1 aromatic rings. The van der Waals surface area contributed by atoms with Crippen LogP contribution in [-0.4, -0.2) is 50.3 Å². The van der Waals surface area contributed by atoms with Gasteiger partial charge in [0.2, 0.25) is 0 Å². The van der Waals surface area contributed by atoms with E-state index in [2.05, 4.69) is 59.6 Å². The second-order valence-electron chi connectivity index (χ2n) is 6.87. The molecule has 0 saturated carbocycles. The fourth-order valence-electron chi connectivity index (χ4n) is 3.46. The van der Waals surface area contributed by atoms with Gasteiger partial charge in [0.25, 0.3) is 0 Å². The maximum absolute atomic E-state index is 5.38. The molecule has 2 aliphatic heterocycles. The van der Waals surface area contributed by atoms with Crippen molar-refractivity contribution in [3.63, 3.8) is 0 Å². The molecular formula is C22H32IN3O. The normalized spacial score (nSPS) is 17.8. The molecule has 1 fully saturated rings. The van der Waals surface area contributed by atoms with E-state index in [9.17, 15) is 0 Å². The molecule has 0 amide bonds. The lowest BCUT2D eigenvalue weighted by atomic mass is 10.0. The van der Waals surface area contributed by atoms with Gasteiger partial charge in [0.05, 0.1) is 13.2 Å². The quantitative estimate of drug-likeness (QED) is 0.292. The SMILES string of the molecule is CCNC(=NCCC1=CCOCC1)N1CCC(=Cc2ccccc2)CC1.I. The molecule has 148 valence electrons. The van der Waals surface area contributed by atoms with Crippen molar-refractivity contribution in [3.05, 3.63) is 53.1 Å². The summed E-state index contributed by atoms with van der Waals surface area (Å²) in [4.78, 5) is 7.28. The van der Waals surface area contributed by atoms with Gasteiger partial charge in [-0.05, 0) is 38.2 Å². The van der Waals surface area contributed by atoms with Crippen molar-refractivity contribution in [2.24, 2.45) is 4.99 Å². The summed E-state index contributed by atoms with van der Waals surface area (Å²) in [6.45, 7) is 7.62. The summed E-state index contributed by atoms with van der Waals surface area (Å²) < 4.78 is 5.38. The molecule has 4 nitrogen and oxygen atoms in total. The minimum Gasteiger partial charge on any atom is -0.377 e. The molecule has 0 radical (unpaired) electrons. The molecule has 0 atom stereocenters. The lowest BCUT2D eigenvalue weighted by Gasteiger charge is -2.31. The van der Waals surface area contributed by atoms with Crippen LogP contribution in [0, 0.1) is 0 Å².